The number of esters is 1. The maximum atomic E-state index is 12.6. The number of nitrogens with zero attached hydrogens (tertiary/aromatic N) is 1. The van der Waals surface area contributed by atoms with Gasteiger partial charge in [0.05, 0.1) is 13.2 Å². The molecule has 0 radical (unpaired) electrons. The highest BCUT2D eigenvalue weighted by Gasteiger charge is 2.58. The molecule has 1 aromatic carbocycles. The maximum Gasteiger partial charge on any atom is 0.331 e. The zero-order chi connectivity index (χ0) is 15.7. The van der Waals surface area contributed by atoms with Crippen LogP contribution in [0, 0.1) is 0 Å². The number of nitrogens with one attached hydrogen (secondary N) is 1. The van der Waals surface area contributed by atoms with Crippen LogP contribution in [0.15, 0.2) is 30.3 Å². The van der Waals surface area contributed by atoms with Crippen LogP contribution in [0.25, 0.3) is 0 Å². The molecule has 0 unspecified atom stereocenters. The number of carbonyl (C=O) groups excluding carboxylic acids is 2. The predicted octanol–water partition coefficient (Wildman–Crippen LogP) is 1.64. The third-order valence-electron chi connectivity index (χ3n) is 4.91. The summed E-state index contributed by atoms with van der Waals surface area (Å²) in [6, 6.07) is 9.75. The molecule has 0 aromatic heterocycles. The summed E-state index contributed by atoms with van der Waals surface area (Å²) in [5.41, 5.74) is 0.384. The average Bonchev–Trinajstić information content (AvgIpc) is 3.08. The second kappa shape index (κ2) is 5.72. The summed E-state index contributed by atoms with van der Waals surface area (Å²) in [5, 5.41) is 3.38. The van der Waals surface area contributed by atoms with E-state index in [2.05, 4.69) is 5.32 Å². The molecule has 3 atom stereocenters. The molecule has 118 valence electrons. The van der Waals surface area contributed by atoms with Crippen molar-refractivity contribution in [2.24, 2.45) is 0 Å². The van der Waals surface area contributed by atoms with Crippen LogP contribution in [-0.4, -0.2) is 42.0 Å². The van der Waals surface area contributed by atoms with E-state index >= 15 is 0 Å². The van der Waals surface area contributed by atoms with Gasteiger partial charge in [0, 0.05) is 19.0 Å². The van der Waals surface area contributed by atoms with Crippen molar-refractivity contribution < 1.29 is 14.3 Å². The van der Waals surface area contributed by atoms with Gasteiger partial charge in [-0.25, -0.2) is 4.79 Å². The molecular formula is C17H22N2O3. The van der Waals surface area contributed by atoms with E-state index in [0.717, 1.165) is 12.0 Å². The zero-order valence-electron chi connectivity index (χ0n) is 13.0. The van der Waals surface area contributed by atoms with Gasteiger partial charge in [0.2, 0.25) is 5.91 Å². The van der Waals surface area contributed by atoms with E-state index in [1.54, 1.807) is 4.90 Å². The minimum Gasteiger partial charge on any atom is -0.467 e. The fourth-order valence-electron chi connectivity index (χ4n) is 3.78. The Morgan fingerprint density at radius 1 is 1.41 bits per heavy atom. The smallest absolute Gasteiger partial charge is 0.331 e. The number of amides is 1. The number of hydrogen-bond donors (Lipinski definition) is 1. The van der Waals surface area contributed by atoms with Crippen molar-refractivity contribution in [3.05, 3.63) is 35.9 Å². The van der Waals surface area contributed by atoms with Crippen LogP contribution in [-0.2, 0) is 14.3 Å². The van der Waals surface area contributed by atoms with E-state index < -0.39 is 5.54 Å². The molecule has 2 heterocycles. The Bertz CT molecular complexity index is 575. The summed E-state index contributed by atoms with van der Waals surface area (Å²) in [6.45, 7) is 2.68. The molecule has 0 saturated carbocycles. The van der Waals surface area contributed by atoms with E-state index in [4.69, 9.17) is 4.74 Å². The van der Waals surface area contributed by atoms with Crippen LogP contribution in [0.3, 0.4) is 0 Å². The molecule has 1 aromatic rings. The Kier molecular flexibility index (Phi) is 3.91. The van der Waals surface area contributed by atoms with Crippen molar-refractivity contribution in [2.45, 2.75) is 43.8 Å². The lowest BCUT2D eigenvalue weighted by Crippen LogP contribution is -2.47. The molecule has 2 aliphatic rings. The highest BCUT2D eigenvalue weighted by molar-refractivity contribution is 5.95. The van der Waals surface area contributed by atoms with Crippen LogP contribution < -0.4 is 5.32 Å². The second-order valence-electron chi connectivity index (χ2n) is 6.17. The fraction of sp³-hybridized carbons (Fsp3) is 0.529. The summed E-state index contributed by atoms with van der Waals surface area (Å²) in [7, 11) is 1.39. The van der Waals surface area contributed by atoms with E-state index in [9.17, 15) is 9.59 Å². The summed E-state index contributed by atoms with van der Waals surface area (Å²) in [4.78, 5) is 26.6. The molecule has 5 heteroatoms. The molecule has 3 rings (SSSR count). The molecule has 2 fully saturated rings. The Morgan fingerprint density at radius 3 is 2.82 bits per heavy atom. The SMILES string of the molecule is COC(=O)[C@@]12CCCN1C(=O)[C@@H](N[C@H](C)c1ccccc1)C2. The lowest BCUT2D eigenvalue weighted by atomic mass is 9.92. The van der Waals surface area contributed by atoms with E-state index in [1.807, 2.05) is 37.3 Å². The largest absolute Gasteiger partial charge is 0.467 e. The van der Waals surface area contributed by atoms with Crippen molar-refractivity contribution in [3.8, 4) is 0 Å². The second-order valence-corrected chi connectivity index (χ2v) is 6.17. The molecule has 0 bridgehead atoms. The first kappa shape index (κ1) is 15.0. The van der Waals surface area contributed by atoms with E-state index in [0.29, 0.717) is 19.4 Å². The first-order chi connectivity index (χ1) is 10.6. The van der Waals surface area contributed by atoms with Crippen molar-refractivity contribution in [2.75, 3.05) is 13.7 Å². The summed E-state index contributed by atoms with van der Waals surface area (Å²) < 4.78 is 4.96. The van der Waals surface area contributed by atoms with Gasteiger partial charge in [-0.3, -0.25) is 10.1 Å². The number of benzene rings is 1. The summed E-state index contributed by atoms with van der Waals surface area (Å²) >= 11 is 0. The van der Waals surface area contributed by atoms with Crippen LogP contribution in [0.4, 0.5) is 0 Å². The summed E-state index contributed by atoms with van der Waals surface area (Å²) in [6.07, 6.45) is 2.06. The molecule has 0 aliphatic carbocycles. The van der Waals surface area contributed by atoms with Gasteiger partial charge in [-0.2, -0.15) is 0 Å². The van der Waals surface area contributed by atoms with Crippen LogP contribution in [0.5, 0.6) is 0 Å². The number of carbonyl (C=O) groups is 2. The lowest BCUT2D eigenvalue weighted by molar-refractivity contribution is -0.155. The Labute approximate surface area is 130 Å². The highest BCUT2D eigenvalue weighted by Crippen LogP contribution is 2.41. The van der Waals surface area contributed by atoms with Gasteiger partial charge in [-0.15, -0.1) is 0 Å². The van der Waals surface area contributed by atoms with Crippen molar-refractivity contribution in [1.29, 1.82) is 0 Å². The maximum absolute atomic E-state index is 12.6. The molecule has 2 saturated heterocycles. The van der Waals surface area contributed by atoms with Gasteiger partial charge in [0.25, 0.3) is 0 Å². The van der Waals surface area contributed by atoms with Crippen molar-refractivity contribution in [3.63, 3.8) is 0 Å². The molecule has 1 amide bonds. The monoisotopic (exact) mass is 302 g/mol. The van der Waals surface area contributed by atoms with Gasteiger partial charge in [-0.1, -0.05) is 30.3 Å². The van der Waals surface area contributed by atoms with E-state index in [-0.39, 0.29) is 24.0 Å². The van der Waals surface area contributed by atoms with Gasteiger partial charge in [-0.05, 0) is 25.3 Å². The van der Waals surface area contributed by atoms with Crippen LogP contribution in [0.1, 0.15) is 37.8 Å². The molecule has 5 nitrogen and oxygen atoms in total. The number of methoxy groups -OCH3 is 1. The third-order valence-corrected chi connectivity index (χ3v) is 4.91. The topological polar surface area (TPSA) is 58.6 Å². The summed E-state index contributed by atoms with van der Waals surface area (Å²) in [5.74, 6) is -0.263. The minimum absolute atomic E-state index is 0.0191. The third kappa shape index (κ3) is 2.29. The van der Waals surface area contributed by atoms with Crippen molar-refractivity contribution >= 4 is 11.9 Å². The Morgan fingerprint density at radius 2 is 2.14 bits per heavy atom. The number of rotatable bonds is 4. The molecule has 2 aliphatic heterocycles. The predicted molar refractivity (Wildman–Crippen MR) is 82.1 cm³/mol. The standard InChI is InChI=1S/C17H22N2O3/c1-12(13-7-4-3-5-8-13)18-14-11-17(16(21)22-2)9-6-10-19(17)15(14)20/h3-5,7-8,12,14,18H,6,9-11H2,1-2H3/t12-,14+,17+/m1/s1. The number of fused-ring (bicyclic) bond motifs is 1. The Balaban J connectivity index is 1.77. The van der Waals surface area contributed by atoms with Gasteiger partial charge in [0.1, 0.15) is 5.54 Å². The zero-order valence-corrected chi connectivity index (χ0v) is 13.0. The first-order valence-corrected chi connectivity index (χ1v) is 7.79. The van der Waals surface area contributed by atoms with Gasteiger partial charge < -0.3 is 9.64 Å². The van der Waals surface area contributed by atoms with E-state index in [1.165, 1.54) is 7.11 Å². The normalized spacial score (nSPS) is 28.5. The van der Waals surface area contributed by atoms with Gasteiger partial charge in [0.15, 0.2) is 0 Å². The molecule has 0 spiro atoms. The molecule has 1 N–H and O–H groups in total. The fourth-order valence-corrected chi connectivity index (χ4v) is 3.78. The van der Waals surface area contributed by atoms with Crippen molar-refractivity contribution in [1.82, 2.24) is 10.2 Å². The minimum atomic E-state index is -0.750. The number of ether oxygens (including phenoxy) is 1. The molecular weight excluding hydrogens is 280 g/mol. The van der Waals surface area contributed by atoms with Crippen LogP contribution >= 0.6 is 0 Å². The lowest BCUT2D eigenvalue weighted by Gasteiger charge is -2.28. The average molecular weight is 302 g/mol. The first-order valence-electron chi connectivity index (χ1n) is 7.79. The Hall–Kier alpha value is -1.88. The molecule has 22 heavy (non-hydrogen) atoms. The quantitative estimate of drug-likeness (QED) is 0.859. The highest BCUT2D eigenvalue weighted by atomic mass is 16.5. The van der Waals surface area contributed by atoms with Crippen LogP contribution in [0.2, 0.25) is 0 Å². The van der Waals surface area contributed by atoms with Gasteiger partial charge >= 0.3 is 5.97 Å². The number of hydrogen-bond acceptors (Lipinski definition) is 4.